The predicted octanol–water partition coefficient (Wildman–Crippen LogP) is 1.50. The fraction of sp³-hybridized carbons (Fsp3) is 0.300. The topological polar surface area (TPSA) is 113 Å². The van der Waals surface area contributed by atoms with E-state index in [4.69, 9.17) is 13.9 Å². The van der Waals surface area contributed by atoms with E-state index in [2.05, 4.69) is 10.3 Å². The molecule has 9 nitrogen and oxygen atoms in total. The fourth-order valence-electron chi connectivity index (χ4n) is 2.75. The van der Waals surface area contributed by atoms with Crippen LogP contribution in [0.4, 0.5) is 0 Å². The molecule has 3 aromatic rings. The van der Waals surface area contributed by atoms with Crippen LogP contribution in [-0.4, -0.2) is 41.2 Å². The Kier molecular flexibility index (Phi) is 5.96. The third-order valence-corrected chi connectivity index (χ3v) is 4.17. The second kappa shape index (κ2) is 8.59. The third-order valence-electron chi connectivity index (χ3n) is 4.17. The molecule has 2 heterocycles. The van der Waals surface area contributed by atoms with Crippen LogP contribution in [0.15, 0.2) is 39.8 Å². The van der Waals surface area contributed by atoms with Crippen molar-refractivity contribution in [2.75, 3.05) is 19.8 Å². The summed E-state index contributed by atoms with van der Waals surface area (Å²) in [4.78, 5) is 40.6. The molecule has 0 saturated heterocycles. The maximum Gasteiger partial charge on any atom is 0.343 e. The number of furan rings is 1. The van der Waals surface area contributed by atoms with Gasteiger partial charge in [-0.05, 0) is 31.5 Å². The van der Waals surface area contributed by atoms with E-state index in [-0.39, 0.29) is 35.6 Å². The number of fused-ring (bicyclic) bond motifs is 1. The van der Waals surface area contributed by atoms with Crippen molar-refractivity contribution in [3.63, 3.8) is 0 Å². The number of amides is 1. The lowest BCUT2D eigenvalue weighted by Crippen LogP contribution is -2.32. The highest BCUT2D eigenvalue weighted by molar-refractivity contribution is 6.03. The minimum Gasteiger partial charge on any atom is -0.492 e. The van der Waals surface area contributed by atoms with Gasteiger partial charge in [0.2, 0.25) is 5.71 Å². The number of carbonyl (C=O) groups is 2. The summed E-state index contributed by atoms with van der Waals surface area (Å²) in [5, 5.41) is 2.63. The molecule has 3 rings (SSSR count). The first kappa shape index (κ1) is 20.1. The molecule has 1 N–H and O–H groups in total. The van der Waals surface area contributed by atoms with Crippen LogP contribution in [0.5, 0.6) is 5.75 Å². The van der Waals surface area contributed by atoms with Crippen molar-refractivity contribution in [1.82, 2.24) is 14.9 Å². The molecule has 2 aromatic heterocycles. The van der Waals surface area contributed by atoms with E-state index >= 15 is 0 Å². The lowest BCUT2D eigenvalue weighted by Gasteiger charge is -2.08. The van der Waals surface area contributed by atoms with Gasteiger partial charge in [0, 0.05) is 7.05 Å². The zero-order chi connectivity index (χ0) is 21.0. The lowest BCUT2D eigenvalue weighted by atomic mass is 10.2. The third kappa shape index (κ3) is 4.63. The van der Waals surface area contributed by atoms with Crippen molar-refractivity contribution in [2.45, 2.75) is 13.8 Å². The number of carbonyl (C=O) groups excluding carboxylic acids is 2. The number of hydrogen-bond acceptors (Lipinski definition) is 7. The van der Waals surface area contributed by atoms with E-state index in [0.717, 1.165) is 5.56 Å². The van der Waals surface area contributed by atoms with Gasteiger partial charge in [-0.1, -0.05) is 12.1 Å². The van der Waals surface area contributed by atoms with E-state index in [9.17, 15) is 14.4 Å². The Morgan fingerprint density at radius 3 is 2.83 bits per heavy atom. The Balaban J connectivity index is 1.52. The number of hydrogen-bond donors (Lipinski definition) is 1. The molecule has 0 saturated carbocycles. The molecule has 0 bridgehead atoms. The van der Waals surface area contributed by atoms with Gasteiger partial charge >= 0.3 is 5.97 Å². The molecule has 0 fully saturated rings. The molecule has 0 aliphatic carbocycles. The molecule has 0 spiro atoms. The van der Waals surface area contributed by atoms with Crippen molar-refractivity contribution < 1.29 is 23.5 Å². The van der Waals surface area contributed by atoms with E-state index in [1.54, 1.807) is 0 Å². The number of rotatable bonds is 7. The second-order valence-electron chi connectivity index (χ2n) is 6.47. The van der Waals surface area contributed by atoms with E-state index in [1.165, 1.54) is 24.9 Å². The van der Waals surface area contributed by atoms with Gasteiger partial charge in [-0.2, -0.15) is 0 Å². The monoisotopic (exact) mass is 399 g/mol. The number of esters is 1. The summed E-state index contributed by atoms with van der Waals surface area (Å²) in [5.41, 5.74) is 0.668. The average molecular weight is 399 g/mol. The van der Waals surface area contributed by atoms with Crippen molar-refractivity contribution in [3.05, 3.63) is 57.8 Å². The first-order valence-corrected chi connectivity index (χ1v) is 8.95. The zero-order valence-electron chi connectivity index (χ0n) is 16.4. The van der Waals surface area contributed by atoms with Crippen LogP contribution >= 0.6 is 0 Å². The molecule has 29 heavy (non-hydrogen) atoms. The molecule has 152 valence electrons. The fourth-order valence-corrected chi connectivity index (χ4v) is 2.75. The number of aryl methyl sites for hydroxylation is 3. The Morgan fingerprint density at radius 2 is 2.07 bits per heavy atom. The van der Waals surface area contributed by atoms with Gasteiger partial charge in [0.15, 0.2) is 6.61 Å². The van der Waals surface area contributed by atoms with Crippen molar-refractivity contribution in [1.29, 1.82) is 0 Å². The predicted molar refractivity (Wildman–Crippen MR) is 104 cm³/mol. The number of ether oxygens (including phenoxy) is 2. The molecule has 0 unspecified atom stereocenters. The van der Waals surface area contributed by atoms with Crippen LogP contribution < -0.4 is 15.6 Å². The summed E-state index contributed by atoms with van der Waals surface area (Å²) in [6.45, 7) is 3.52. The summed E-state index contributed by atoms with van der Waals surface area (Å²) in [6.07, 6.45) is 1.30. The first-order chi connectivity index (χ1) is 13.9. The summed E-state index contributed by atoms with van der Waals surface area (Å²) >= 11 is 0. The highest BCUT2D eigenvalue weighted by Gasteiger charge is 2.24. The van der Waals surface area contributed by atoms with Gasteiger partial charge in [-0.25, -0.2) is 9.78 Å². The Labute approximate surface area is 166 Å². The standard InChI is InChI=1S/C20H21N3O6/c1-12-5-4-6-14(9-12)27-8-7-21-15(24)10-28-20(26)16-13(2)29-18-17(16)19(25)23(3)11-22-18/h4-6,9,11H,7-8,10H2,1-3H3,(H,21,24). The molecule has 0 aliphatic heterocycles. The quantitative estimate of drug-likeness (QED) is 0.473. The normalized spacial score (nSPS) is 10.7. The van der Waals surface area contributed by atoms with Crippen molar-refractivity contribution in [2.24, 2.45) is 7.05 Å². The Bertz CT molecular complexity index is 1120. The minimum atomic E-state index is -0.822. The van der Waals surface area contributed by atoms with Crippen molar-refractivity contribution >= 4 is 23.0 Å². The number of nitrogens with one attached hydrogen (secondary N) is 1. The molecule has 1 amide bonds. The van der Waals surface area contributed by atoms with Crippen molar-refractivity contribution in [3.8, 4) is 5.75 Å². The molecule has 0 aliphatic rings. The van der Waals surface area contributed by atoms with Gasteiger partial charge in [-0.15, -0.1) is 0 Å². The number of aromatic nitrogens is 2. The van der Waals surface area contributed by atoms with Gasteiger partial charge < -0.3 is 23.8 Å². The van der Waals surface area contributed by atoms with Gasteiger partial charge in [-0.3, -0.25) is 9.59 Å². The second-order valence-corrected chi connectivity index (χ2v) is 6.47. The average Bonchev–Trinajstić information content (AvgIpc) is 3.03. The summed E-state index contributed by atoms with van der Waals surface area (Å²) in [7, 11) is 1.51. The highest BCUT2D eigenvalue weighted by atomic mass is 16.5. The van der Waals surface area contributed by atoms with E-state index < -0.39 is 24.0 Å². The van der Waals surface area contributed by atoms with E-state index in [1.807, 2.05) is 31.2 Å². The van der Waals surface area contributed by atoms with Crippen LogP contribution in [0.1, 0.15) is 21.7 Å². The van der Waals surface area contributed by atoms with Gasteiger partial charge in [0.05, 0.1) is 6.54 Å². The molecule has 1 aromatic carbocycles. The highest BCUT2D eigenvalue weighted by Crippen LogP contribution is 2.21. The minimum absolute atomic E-state index is 0.0238. The molecular weight excluding hydrogens is 378 g/mol. The summed E-state index contributed by atoms with van der Waals surface area (Å²) in [6, 6.07) is 7.56. The summed E-state index contributed by atoms with van der Waals surface area (Å²) in [5.74, 6) is -0.392. The van der Waals surface area contributed by atoms with Crippen LogP contribution in [0, 0.1) is 13.8 Å². The zero-order valence-corrected chi connectivity index (χ0v) is 16.4. The van der Waals surface area contributed by atoms with Gasteiger partial charge in [0.25, 0.3) is 11.5 Å². The first-order valence-electron chi connectivity index (χ1n) is 8.95. The number of nitrogens with zero attached hydrogens (tertiary/aromatic N) is 2. The molecule has 0 atom stereocenters. The van der Waals surface area contributed by atoms with Crippen LogP contribution in [-0.2, 0) is 16.6 Å². The SMILES string of the molecule is Cc1cccc(OCCNC(=O)COC(=O)c2c(C)oc3ncn(C)c(=O)c23)c1. The van der Waals surface area contributed by atoms with Crippen LogP contribution in [0.25, 0.3) is 11.1 Å². The molecular formula is C20H21N3O6. The molecule has 0 radical (unpaired) electrons. The number of benzene rings is 1. The Hall–Kier alpha value is -3.62. The summed E-state index contributed by atoms with van der Waals surface area (Å²) < 4.78 is 17.1. The molecule has 9 heteroatoms. The van der Waals surface area contributed by atoms with E-state index in [0.29, 0.717) is 5.75 Å². The largest absolute Gasteiger partial charge is 0.492 e. The van der Waals surface area contributed by atoms with Gasteiger partial charge in [0.1, 0.15) is 35.4 Å². The van der Waals surface area contributed by atoms with Crippen LogP contribution in [0.3, 0.4) is 0 Å². The smallest absolute Gasteiger partial charge is 0.343 e. The lowest BCUT2D eigenvalue weighted by molar-refractivity contribution is -0.124. The van der Waals surface area contributed by atoms with Crippen LogP contribution in [0.2, 0.25) is 0 Å². The maximum absolute atomic E-state index is 12.4. The maximum atomic E-state index is 12.4. The Morgan fingerprint density at radius 1 is 1.28 bits per heavy atom.